The Morgan fingerprint density at radius 2 is 1.06 bits per heavy atom. The largest absolute Gasteiger partial charge is 0.481 e. The number of hydrogen-bond acceptors (Lipinski definition) is 4. The first-order chi connectivity index (χ1) is 7.43. The van der Waals surface area contributed by atoms with Crippen molar-refractivity contribution in [2.24, 2.45) is 23.3 Å². The molecule has 2 fully saturated rings. The topological polar surface area (TPSA) is 127 Å². The summed E-state index contributed by atoms with van der Waals surface area (Å²) in [5.74, 6) is -2.00. The number of carboxylic acid groups (broad SMARTS) is 2. The molecule has 0 unspecified atom stereocenters. The van der Waals surface area contributed by atoms with Gasteiger partial charge in [0.15, 0.2) is 0 Å². The lowest BCUT2D eigenvalue weighted by Gasteiger charge is -2.29. The Kier molecular flexibility index (Phi) is 9.37. The van der Waals surface area contributed by atoms with E-state index in [0.29, 0.717) is 0 Å². The Morgan fingerprint density at radius 1 is 0.778 bits per heavy atom. The van der Waals surface area contributed by atoms with Crippen LogP contribution in [0, 0.1) is 11.8 Å². The van der Waals surface area contributed by atoms with Crippen LogP contribution in [0.4, 0.5) is 0 Å². The minimum Gasteiger partial charge on any atom is -0.481 e. The standard InChI is InChI=1S/2C5H9NO2.2ClH/c2*6-4-2-1-3(4)5(7)8;;/h2*3-4H,1-2,6H2,(H,7,8);2*1H/t2*3-,4+;;/m10../s1. The van der Waals surface area contributed by atoms with E-state index in [4.69, 9.17) is 21.7 Å². The van der Waals surface area contributed by atoms with Crippen molar-refractivity contribution >= 4 is 36.8 Å². The second kappa shape index (κ2) is 8.53. The molecule has 0 spiro atoms. The van der Waals surface area contributed by atoms with Gasteiger partial charge in [0.25, 0.3) is 0 Å². The second-order valence-corrected chi connectivity index (χ2v) is 4.37. The fraction of sp³-hybridized carbons (Fsp3) is 0.800. The van der Waals surface area contributed by atoms with E-state index in [-0.39, 0.29) is 48.7 Å². The van der Waals surface area contributed by atoms with Gasteiger partial charge in [0.05, 0.1) is 11.8 Å². The summed E-state index contributed by atoms with van der Waals surface area (Å²) in [6.07, 6.45) is 3.26. The summed E-state index contributed by atoms with van der Waals surface area (Å²) in [7, 11) is 0. The molecule has 2 rings (SSSR count). The number of nitrogens with two attached hydrogens (primary N) is 2. The van der Waals surface area contributed by atoms with Crippen molar-refractivity contribution in [3.05, 3.63) is 0 Å². The predicted octanol–water partition coefficient (Wildman–Crippen LogP) is 0.460. The van der Waals surface area contributed by atoms with Crippen LogP contribution in [0.2, 0.25) is 0 Å². The minimum atomic E-state index is -0.747. The molecule has 108 valence electrons. The van der Waals surface area contributed by atoms with Crippen molar-refractivity contribution in [2.45, 2.75) is 37.8 Å². The lowest BCUT2D eigenvalue weighted by atomic mass is 9.80. The highest BCUT2D eigenvalue weighted by Crippen LogP contribution is 2.25. The van der Waals surface area contributed by atoms with Gasteiger partial charge in [0.2, 0.25) is 0 Å². The first-order valence-corrected chi connectivity index (χ1v) is 5.40. The first-order valence-electron chi connectivity index (χ1n) is 5.40. The van der Waals surface area contributed by atoms with Gasteiger partial charge in [0, 0.05) is 12.1 Å². The molecule has 2 aliphatic rings. The maximum Gasteiger partial charge on any atom is 0.308 e. The zero-order valence-electron chi connectivity index (χ0n) is 9.82. The maximum atomic E-state index is 10.1. The van der Waals surface area contributed by atoms with Crippen molar-refractivity contribution in [2.75, 3.05) is 0 Å². The van der Waals surface area contributed by atoms with E-state index < -0.39 is 11.9 Å². The van der Waals surface area contributed by atoms with E-state index in [1.807, 2.05) is 0 Å². The molecule has 6 nitrogen and oxygen atoms in total. The van der Waals surface area contributed by atoms with Gasteiger partial charge in [-0.1, -0.05) is 0 Å². The van der Waals surface area contributed by atoms with Crippen LogP contribution >= 0.6 is 24.8 Å². The Hall–Kier alpha value is -0.560. The number of carboxylic acids is 2. The fourth-order valence-corrected chi connectivity index (χ4v) is 1.66. The molecule has 8 heteroatoms. The Bertz CT molecular complexity index is 263. The quantitative estimate of drug-likeness (QED) is 0.587. The van der Waals surface area contributed by atoms with Gasteiger partial charge < -0.3 is 21.7 Å². The second-order valence-electron chi connectivity index (χ2n) is 4.37. The number of aliphatic carboxylic acids is 2. The van der Waals surface area contributed by atoms with Gasteiger partial charge in [-0.15, -0.1) is 24.8 Å². The zero-order valence-corrected chi connectivity index (χ0v) is 11.5. The lowest BCUT2D eigenvalue weighted by Crippen LogP contribution is -2.43. The Labute approximate surface area is 118 Å². The average molecular weight is 303 g/mol. The fourth-order valence-electron chi connectivity index (χ4n) is 1.66. The van der Waals surface area contributed by atoms with Gasteiger partial charge >= 0.3 is 11.9 Å². The predicted molar refractivity (Wildman–Crippen MR) is 71.2 cm³/mol. The van der Waals surface area contributed by atoms with Crippen molar-refractivity contribution in [1.82, 2.24) is 0 Å². The van der Waals surface area contributed by atoms with Gasteiger partial charge in [-0.05, 0) is 25.7 Å². The monoisotopic (exact) mass is 302 g/mol. The third kappa shape index (κ3) is 4.97. The summed E-state index contributed by atoms with van der Waals surface area (Å²) in [6.45, 7) is 0. The number of hydrogen-bond donors (Lipinski definition) is 4. The molecule has 0 bridgehead atoms. The molecule has 18 heavy (non-hydrogen) atoms. The molecule has 0 saturated heterocycles. The van der Waals surface area contributed by atoms with Crippen LogP contribution in [0.25, 0.3) is 0 Å². The summed E-state index contributed by atoms with van der Waals surface area (Å²) in [5.41, 5.74) is 10.7. The summed E-state index contributed by atoms with van der Waals surface area (Å²) >= 11 is 0. The van der Waals surface area contributed by atoms with Crippen molar-refractivity contribution < 1.29 is 19.8 Å². The van der Waals surface area contributed by atoms with Crippen molar-refractivity contribution in [3.63, 3.8) is 0 Å². The molecule has 6 N–H and O–H groups in total. The summed E-state index contributed by atoms with van der Waals surface area (Å²) in [6, 6.07) is -0.153. The van der Waals surface area contributed by atoms with Crippen LogP contribution in [0.15, 0.2) is 0 Å². The highest BCUT2D eigenvalue weighted by Gasteiger charge is 2.33. The van der Waals surface area contributed by atoms with Crippen LogP contribution in [0.5, 0.6) is 0 Å². The van der Waals surface area contributed by atoms with E-state index >= 15 is 0 Å². The zero-order chi connectivity index (χ0) is 12.3. The smallest absolute Gasteiger partial charge is 0.308 e. The molecule has 0 aromatic heterocycles. The summed E-state index contributed by atoms with van der Waals surface area (Å²) in [5, 5.41) is 16.6. The molecule has 2 saturated carbocycles. The summed E-state index contributed by atoms with van der Waals surface area (Å²) < 4.78 is 0. The molecule has 4 atom stereocenters. The third-order valence-electron chi connectivity index (χ3n) is 3.29. The molecule has 2 aliphatic carbocycles. The van der Waals surface area contributed by atoms with E-state index in [1.54, 1.807) is 0 Å². The molecule has 0 heterocycles. The lowest BCUT2D eigenvalue weighted by molar-refractivity contribution is -0.146. The van der Waals surface area contributed by atoms with Crippen LogP contribution in [0.1, 0.15) is 25.7 Å². The number of halogens is 2. The number of carbonyl (C=O) groups is 2. The summed E-state index contributed by atoms with van der Waals surface area (Å²) in [4.78, 5) is 20.2. The molecule has 0 aromatic carbocycles. The Balaban J connectivity index is 0. The van der Waals surface area contributed by atoms with Gasteiger partial charge in [0.1, 0.15) is 0 Å². The highest BCUT2D eigenvalue weighted by atomic mass is 35.5. The number of rotatable bonds is 2. The maximum absolute atomic E-state index is 10.1. The van der Waals surface area contributed by atoms with E-state index in [0.717, 1.165) is 25.7 Å². The van der Waals surface area contributed by atoms with Crippen molar-refractivity contribution in [1.29, 1.82) is 0 Å². The molecule has 0 radical (unpaired) electrons. The SMILES string of the molecule is Cl.Cl.N[C@@H]1CC[C@@H]1C(=O)O.N[C@H]1CC[C@H]1C(=O)O. The van der Waals surface area contributed by atoms with Crippen LogP contribution in [-0.4, -0.2) is 34.2 Å². The highest BCUT2D eigenvalue weighted by molar-refractivity contribution is 5.85. The van der Waals surface area contributed by atoms with E-state index in [9.17, 15) is 9.59 Å². The van der Waals surface area contributed by atoms with Gasteiger partial charge in [-0.25, -0.2) is 0 Å². The molecule has 0 aliphatic heterocycles. The molecule has 0 aromatic rings. The Morgan fingerprint density at radius 3 is 1.06 bits per heavy atom. The molecular weight excluding hydrogens is 283 g/mol. The van der Waals surface area contributed by atoms with E-state index in [1.165, 1.54) is 0 Å². The van der Waals surface area contributed by atoms with Gasteiger partial charge in [-0.3, -0.25) is 9.59 Å². The first kappa shape index (κ1) is 19.8. The van der Waals surface area contributed by atoms with E-state index in [2.05, 4.69) is 0 Å². The minimum absolute atomic E-state index is 0. The molecule has 0 amide bonds. The normalized spacial score (nSPS) is 32.1. The van der Waals surface area contributed by atoms with Crippen LogP contribution in [0.3, 0.4) is 0 Å². The van der Waals surface area contributed by atoms with Crippen LogP contribution < -0.4 is 11.5 Å². The molecular formula is C10H20Cl2N2O4. The third-order valence-corrected chi connectivity index (χ3v) is 3.29. The van der Waals surface area contributed by atoms with Crippen LogP contribution in [-0.2, 0) is 9.59 Å². The average Bonchev–Trinajstić information content (AvgIpc) is 2.12. The van der Waals surface area contributed by atoms with Gasteiger partial charge in [-0.2, -0.15) is 0 Å². The van der Waals surface area contributed by atoms with Crippen molar-refractivity contribution in [3.8, 4) is 0 Å².